The van der Waals surface area contributed by atoms with Crippen molar-refractivity contribution >= 4 is 100 Å². The molecule has 4 aliphatic rings. The summed E-state index contributed by atoms with van der Waals surface area (Å²) in [5, 5.41) is 7.42. The summed E-state index contributed by atoms with van der Waals surface area (Å²) < 4.78 is 79.5. The van der Waals surface area contributed by atoms with Crippen LogP contribution in [-0.4, -0.2) is 170 Å². The normalized spacial score (nSPS) is 20.6. The summed E-state index contributed by atoms with van der Waals surface area (Å²) >= 11 is 0. The fourth-order valence-electron chi connectivity index (χ4n) is 10.5. The van der Waals surface area contributed by atoms with Gasteiger partial charge in [-0.3, -0.25) is 43.2 Å². The topological polar surface area (TPSA) is 357 Å². The third kappa shape index (κ3) is 21.6. The van der Waals surface area contributed by atoms with Crippen LogP contribution in [0, 0.1) is 0 Å². The average molecular weight is 1380 g/mol. The summed E-state index contributed by atoms with van der Waals surface area (Å²) in [6, 6.07) is 26.4. The van der Waals surface area contributed by atoms with Crippen molar-refractivity contribution in [3.05, 3.63) is 108 Å². The number of esters is 8. The van der Waals surface area contributed by atoms with Crippen molar-refractivity contribution in [2.24, 2.45) is 0 Å². The minimum absolute atomic E-state index is 0. The van der Waals surface area contributed by atoms with Gasteiger partial charge in [-0.15, -0.1) is 22.1 Å². The number of aromatic nitrogens is 4. The number of ether oxygens (including phenoxy) is 14. The molecule has 7 heterocycles. The molecule has 8 bridgehead atoms. The van der Waals surface area contributed by atoms with E-state index in [-0.39, 0.29) is 56.7 Å². The van der Waals surface area contributed by atoms with Crippen LogP contribution in [-0.2, 0) is 117 Å². The number of hydrogen-bond donors (Lipinski definition) is 1. The maximum Gasteiger partial charge on any atom is 2.00 e. The van der Waals surface area contributed by atoms with Crippen LogP contribution in [0.15, 0.2) is 84.9 Å². The number of carboxylic acid groups (broad SMARTS) is 1. The van der Waals surface area contributed by atoms with Crippen LogP contribution in [0.1, 0.15) is 97.9 Å². The van der Waals surface area contributed by atoms with E-state index in [1.165, 1.54) is 13.8 Å². The Hall–Kier alpha value is -9.77. The Kier molecular flexibility index (Phi) is 27.1. The molecule has 29 heteroatoms. The molecule has 515 valence electrons. The fourth-order valence-corrected chi connectivity index (χ4v) is 10.5. The van der Waals surface area contributed by atoms with Crippen LogP contribution in [0.4, 0.5) is 0 Å². The number of fused-ring (bicyclic) bond motifs is 8. The number of aliphatic carboxylic acids is 1. The van der Waals surface area contributed by atoms with Crippen molar-refractivity contribution in [2.45, 2.75) is 137 Å². The second-order valence-corrected chi connectivity index (χ2v) is 21.9. The molecule has 2 fully saturated rings. The van der Waals surface area contributed by atoms with E-state index < -0.39 is 115 Å². The van der Waals surface area contributed by atoms with Gasteiger partial charge in [0.2, 0.25) is 0 Å². The number of hydrogen-bond acceptors (Lipinski definition) is 25. The zero-order valence-corrected chi connectivity index (χ0v) is 55.5. The van der Waals surface area contributed by atoms with Crippen molar-refractivity contribution in [3.63, 3.8) is 0 Å². The van der Waals surface area contributed by atoms with Crippen LogP contribution in [0.3, 0.4) is 0 Å². The third-order valence-electron chi connectivity index (χ3n) is 14.1. The second-order valence-electron chi connectivity index (χ2n) is 21.9. The number of nitrogens with zero attached hydrogens (tertiary/aromatic N) is 4. The molecular formula is C68H72MnN4O24. The molecule has 1 N–H and O–H groups in total. The van der Waals surface area contributed by atoms with Crippen molar-refractivity contribution < 1.29 is 132 Å². The van der Waals surface area contributed by atoms with Gasteiger partial charge >= 0.3 is 64.8 Å². The van der Waals surface area contributed by atoms with Crippen LogP contribution in [0.25, 0.3) is 68.6 Å². The van der Waals surface area contributed by atoms with Crippen molar-refractivity contribution in [2.75, 3.05) is 39.6 Å². The Morgan fingerprint density at radius 1 is 0.423 bits per heavy atom. The molecular weight excluding hydrogens is 1310 g/mol. The molecule has 97 heavy (non-hydrogen) atoms. The molecule has 4 aliphatic heterocycles. The molecule has 9 rings (SSSR count). The van der Waals surface area contributed by atoms with E-state index in [4.69, 9.17) is 96.2 Å². The van der Waals surface area contributed by atoms with Gasteiger partial charge in [-0.05, 0) is 70.8 Å². The van der Waals surface area contributed by atoms with E-state index in [0.717, 1.165) is 70.7 Å². The summed E-state index contributed by atoms with van der Waals surface area (Å²) in [6.07, 6.45) is -4.64. The van der Waals surface area contributed by atoms with Crippen LogP contribution >= 0.6 is 0 Å². The van der Waals surface area contributed by atoms with Gasteiger partial charge in [0.25, 0.3) is 5.97 Å². The first-order chi connectivity index (χ1) is 45.9. The van der Waals surface area contributed by atoms with E-state index in [2.05, 4.69) is 0 Å². The van der Waals surface area contributed by atoms with E-state index in [9.17, 15) is 38.4 Å². The zero-order chi connectivity index (χ0) is 69.2. The van der Waals surface area contributed by atoms with Gasteiger partial charge < -0.3 is 81.4 Å². The molecule has 3 aromatic heterocycles. The predicted molar refractivity (Wildman–Crippen MR) is 337 cm³/mol. The molecule has 10 unspecified atom stereocenters. The molecule has 0 amide bonds. The van der Waals surface area contributed by atoms with Gasteiger partial charge in [0.15, 0.2) is 49.2 Å². The number of benzene rings is 2. The molecule has 5 aromatic rings. The Morgan fingerprint density at radius 3 is 1.08 bits per heavy atom. The van der Waals surface area contributed by atoms with Gasteiger partial charge in [-0.2, -0.15) is 0 Å². The first-order valence-electron chi connectivity index (χ1n) is 30.4. The molecule has 0 spiro atoms. The Labute approximate surface area is 566 Å². The van der Waals surface area contributed by atoms with Gasteiger partial charge in [-0.25, -0.2) is 9.97 Å². The second kappa shape index (κ2) is 35.3. The van der Waals surface area contributed by atoms with Crippen LogP contribution < -0.4 is 19.4 Å². The SMILES string of the molecule is CC(=O)O.CC(=O)OCC1OC(OCCCOc2ccc(-c3c4nc(cc5ccc([n-]5)c(-c5ccc(OCCCOC6OC(COC(C)=O)C(OC(C)=O)C(OC(C)=O)C6OC(C)=O)cc5)c5nc(cc6ccc3[n-]6)C=C5)C=C4)cc2)C(OC(C)=O)C(OC(C)=O)C1OC(C)=O.[Mn+2]. The first kappa shape index (κ1) is 74.6. The van der Waals surface area contributed by atoms with Gasteiger partial charge in [0.05, 0.1) is 49.2 Å². The summed E-state index contributed by atoms with van der Waals surface area (Å²) in [5.74, 6) is -5.48. The predicted octanol–water partition coefficient (Wildman–Crippen LogP) is 7.07. The summed E-state index contributed by atoms with van der Waals surface area (Å²) in [4.78, 5) is 126. The maximum atomic E-state index is 12.3. The molecule has 2 saturated heterocycles. The quantitative estimate of drug-likeness (QED) is 0.0273. The molecule has 2 aromatic carbocycles. The van der Waals surface area contributed by atoms with Crippen molar-refractivity contribution in [1.82, 2.24) is 19.9 Å². The molecule has 1 radical (unpaired) electrons. The first-order valence-corrected chi connectivity index (χ1v) is 30.4. The van der Waals surface area contributed by atoms with Gasteiger partial charge in [0.1, 0.15) is 36.9 Å². The minimum atomic E-state index is -1.36. The average Bonchev–Trinajstić information content (AvgIpc) is 1.73. The number of rotatable bonds is 24. The van der Waals surface area contributed by atoms with Gasteiger partial charge in [0, 0.05) is 75.2 Å². The maximum absolute atomic E-state index is 12.3. The molecule has 0 saturated carbocycles. The fraction of sp³-hybridized carbons (Fsp3) is 0.397. The summed E-state index contributed by atoms with van der Waals surface area (Å²) in [5.41, 5.74) is 8.52. The Balaban J connectivity index is 0.00000258. The van der Waals surface area contributed by atoms with Crippen LogP contribution in [0.5, 0.6) is 11.5 Å². The van der Waals surface area contributed by atoms with Crippen molar-refractivity contribution in [1.29, 1.82) is 0 Å². The summed E-state index contributed by atoms with van der Waals surface area (Å²) in [7, 11) is 0. The molecule has 10 atom stereocenters. The zero-order valence-electron chi connectivity index (χ0n) is 54.3. The molecule has 28 nitrogen and oxygen atoms in total. The van der Waals surface area contributed by atoms with E-state index in [0.29, 0.717) is 69.2 Å². The largest absolute Gasteiger partial charge is 2.00 e. The number of carbonyl (C=O) groups excluding carboxylic acids is 8. The van der Waals surface area contributed by atoms with Crippen LogP contribution in [0.2, 0.25) is 0 Å². The smallest absolute Gasteiger partial charge is 0.657 e. The van der Waals surface area contributed by atoms with Crippen molar-refractivity contribution in [3.8, 4) is 33.8 Å². The molecule has 0 aliphatic carbocycles. The monoisotopic (exact) mass is 1380 g/mol. The van der Waals surface area contributed by atoms with Gasteiger partial charge in [-0.1, -0.05) is 60.7 Å². The minimum Gasteiger partial charge on any atom is -0.657 e. The Morgan fingerprint density at radius 2 is 0.753 bits per heavy atom. The standard InChI is InChI=1S/C66H68N4O22.C2H4O2.Mn/c1-35(71)83-33-55-59(85-37(3)73)61(87-39(5)75)63(89-41(7)77)65(91-55)81-29-9-27-79-49-19-11-43(12-20-49)57-51-23-15-45(67-51)31-47-17-25-53(69-47)58(54-26-18-48(70-54)32-46-16-24-52(57)68-46)44-13-21-50(22-14-44)80-28-10-30-82-66-64(90-42(8)78)62(88-40(6)76)60(86-38(4)74)56(92-66)34-84-36(2)72;1-2(3)4;/h11-26,31-32,55-56,59-66H,9-10,27-30,33-34H2,1-8H3;1H3,(H,3,4);/q-2;;+2. The third-order valence-corrected chi connectivity index (χ3v) is 14.1. The van der Waals surface area contributed by atoms with E-state index in [1.54, 1.807) is 0 Å². The summed E-state index contributed by atoms with van der Waals surface area (Å²) in [6.45, 7) is 9.97. The Bertz CT molecular complexity index is 3640. The van der Waals surface area contributed by atoms with E-state index >= 15 is 0 Å². The number of carbonyl (C=O) groups is 9. The number of carboxylic acids is 1. The van der Waals surface area contributed by atoms with E-state index in [1.807, 2.05) is 109 Å².